The first-order valence-electron chi connectivity index (χ1n) is 7.72. The Morgan fingerprint density at radius 3 is 2.14 bits per heavy atom. The molecule has 3 atom stereocenters. The predicted octanol–water partition coefficient (Wildman–Crippen LogP) is 3.59. The monoisotopic (exact) mass is 277 g/mol. The summed E-state index contributed by atoms with van der Waals surface area (Å²) in [7, 11) is 0. The first-order chi connectivity index (χ1) is 10.3. The van der Waals surface area contributed by atoms with Crippen molar-refractivity contribution in [1.82, 2.24) is 4.90 Å². The van der Waals surface area contributed by atoms with E-state index < -0.39 is 0 Å². The zero-order chi connectivity index (χ0) is 14.2. The van der Waals surface area contributed by atoms with Gasteiger partial charge in [-0.15, -0.1) is 0 Å². The van der Waals surface area contributed by atoms with Crippen molar-refractivity contribution >= 4 is 5.91 Å². The molecule has 2 aliphatic rings. The molecule has 1 aliphatic carbocycles. The summed E-state index contributed by atoms with van der Waals surface area (Å²) in [4.78, 5) is 14.8. The molecule has 1 saturated heterocycles. The molecule has 2 nitrogen and oxygen atoms in total. The van der Waals surface area contributed by atoms with E-state index in [0.717, 1.165) is 19.4 Å². The molecule has 2 aromatic rings. The third-order valence-electron chi connectivity index (χ3n) is 5.00. The van der Waals surface area contributed by atoms with Gasteiger partial charge >= 0.3 is 0 Å². The summed E-state index contributed by atoms with van der Waals surface area (Å²) in [5.41, 5.74) is 2.56. The summed E-state index contributed by atoms with van der Waals surface area (Å²) in [5.74, 6) is 0.973. The molecule has 2 heteroatoms. The van der Waals surface area contributed by atoms with Crippen molar-refractivity contribution in [2.45, 2.75) is 31.3 Å². The van der Waals surface area contributed by atoms with E-state index in [4.69, 9.17) is 0 Å². The van der Waals surface area contributed by atoms with Gasteiger partial charge in [0, 0.05) is 18.5 Å². The van der Waals surface area contributed by atoms with Crippen LogP contribution in [0.2, 0.25) is 0 Å². The van der Waals surface area contributed by atoms with Crippen LogP contribution in [0.15, 0.2) is 60.7 Å². The van der Waals surface area contributed by atoms with E-state index in [9.17, 15) is 4.79 Å². The summed E-state index contributed by atoms with van der Waals surface area (Å²) in [5, 5.41) is 0. The lowest BCUT2D eigenvalue weighted by atomic mass is 9.87. The average molecular weight is 277 g/mol. The minimum absolute atomic E-state index is 0.195. The number of amides is 1. The minimum atomic E-state index is 0.195. The lowest BCUT2D eigenvalue weighted by Gasteiger charge is -2.31. The summed E-state index contributed by atoms with van der Waals surface area (Å²) in [6.45, 7) is 0.766. The fourth-order valence-corrected chi connectivity index (χ4v) is 3.99. The standard InChI is InChI=1S/C19H19NO/c21-19-18-12-16(11-17(18)15-9-5-2-6-10-15)20(19)13-14-7-3-1-4-8-14/h1-10,16-18H,11-13H2/t16-,17+,18-/m1/s1. The van der Waals surface area contributed by atoms with Gasteiger partial charge in [0.05, 0.1) is 0 Å². The summed E-state index contributed by atoms with van der Waals surface area (Å²) in [6, 6.07) is 21.3. The summed E-state index contributed by atoms with van der Waals surface area (Å²) in [6.07, 6.45) is 2.15. The highest BCUT2D eigenvalue weighted by Gasteiger charge is 2.50. The van der Waals surface area contributed by atoms with Crippen LogP contribution in [0, 0.1) is 5.92 Å². The molecule has 2 aromatic carbocycles. The van der Waals surface area contributed by atoms with Gasteiger partial charge < -0.3 is 4.90 Å². The maximum absolute atomic E-state index is 12.7. The van der Waals surface area contributed by atoms with Crippen LogP contribution < -0.4 is 0 Å². The van der Waals surface area contributed by atoms with E-state index in [0.29, 0.717) is 17.9 Å². The molecular formula is C19H19NO. The Labute approximate surface area is 125 Å². The number of benzene rings is 2. The van der Waals surface area contributed by atoms with Crippen LogP contribution >= 0.6 is 0 Å². The lowest BCUT2D eigenvalue weighted by molar-refractivity contribution is -0.135. The molecule has 4 rings (SSSR count). The molecule has 0 N–H and O–H groups in total. The van der Waals surface area contributed by atoms with E-state index in [2.05, 4.69) is 41.3 Å². The number of likely N-dealkylation sites (tertiary alicyclic amines) is 1. The Balaban J connectivity index is 1.53. The van der Waals surface area contributed by atoms with Crippen molar-refractivity contribution in [2.75, 3.05) is 0 Å². The van der Waals surface area contributed by atoms with Gasteiger partial charge in [-0.3, -0.25) is 4.79 Å². The van der Waals surface area contributed by atoms with E-state index in [1.807, 2.05) is 24.3 Å². The van der Waals surface area contributed by atoms with Crippen LogP contribution in [-0.2, 0) is 11.3 Å². The SMILES string of the molecule is O=C1[C@@H]2C[C@@H](C[C@H]2c2ccccc2)N1Cc1ccccc1. The minimum Gasteiger partial charge on any atom is -0.335 e. The Morgan fingerprint density at radius 2 is 1.48 bits per heavy atom. The van der Waals surface area contributed by atoms with Crippen molar-refractivity contribution in [2.24, 2.45) is 5.92 Å². The number of rotatable bonds is 3. The second-order valence-corrected chi connectivity index (χ2v) is 6.20. The number of fused-ring (bicyclic) bond motifs is 2. The fraction of sp³-hybridized carbons (Fsp3) is 0.316. The van der Waals surface area contributed by atoms with E-state index >= 15 is 0 Å². The van der Waals surface area contributed by atoms with E-state index in [1.54, 1.807) is 0 Å². The quantitative estimate of drug-likeness (QED) is 0.839. The Hall–Kier alpha value is -2.09. The second-order valence-electron chi connectivity index (χ2n) is 6.20. The Kier molecular flexibility index (Phi) is 3.03. The molecule has 1 amide bonds. The molecule has 106 valence electrons. The average Bonchev–Trinajstić information content (AvgIpc) is 3.09. The van der Waals surface area contributed by atoms with Crippen LogP contribution in [0.25, 0.3) is 0 Å². The number of nitrogens with zero attached hydrogens (tertiary/aromatic N) is 1. The first-order valence-corrected chi connectivity index (χ1v) is 7.72. The van der Waals surface area contributed by atoms with E-state index in [-0.39, 0.29) is 5.92 Å². The first kappa shape index (κ1) is 12.6. The highest BCUT2D eigenvalue weighted by molar-refractivity contribution is 5.84. The van der Waals surface area contributed by atoms with Crippen LogP contribution in [0.3, 0.4) is 0 Å². The maximum Gasteiger partial charge on any atom is 0.226 e. The molecule has 2 bridgehead atoms. The van der Waals surface area contributed by atoms with Gasteiger partial charge in [-0.2, -0.15) is 0 Å². The Morgan fingerprint density at radius 1 is 0.857 bits per heavy atom. The molecule has 0 spiro atoms. The summed E-state index contributed by atoms with van der Waals surface area (Å²) < 4.78 is 0. The molecule has 1 aliphatic heterocycles. The van der Waals surface area contributed by atoms with Gasteiger partial charge in [-0.25, -0.2) is 0 Å². The number of piperidine rings is 1. The van der Waals surface area contributed by atoms with Crippen molar-refractivity contribution in [3.8, 4) is 0 Å². The molecule has 21 heavy (non-hydrogen) atoms. The van der Waals surface area contributed by atoms with Gasteiger partial charge in [0.1, 0.15) is 0 Å². The number of hydrogen-bond acceptors (Lipinski definition) is 1. The number of hydrogen-bond donors (Lipinski definition) is 0. The molecule has 0 aromatic heterocycles. The van der Waals surface area contributed by atoms with Crippen LogP contribution in [0.4, 0.5) is 0 Å². The van der Waals surface area contributed by atoms with Gasteiger partial charge in [0.15, 0.2) is 0 Å². The van der Waals surface area contributed by atoms with Gasteiger partial charge in [-0.05, 0) is 29.9 Å². The van der Waals surface area contributed by atoms with Crippen LogP contribution in [-0.4, -0.2) is 16.8 Å². The number of carbonyl (C=O) groups is 1. The molecular weight excluding hydrogens is 258 g/mol. The van der Waals surface area contributed by atoms with Gasteiger partial charge in [0.25, 0.3) is 0 Å². The third kappa shape index (κ3) is 2.15. The topological polar surface area (TPSA) is 20.3 Å². The second kappa shape index (κ2) is 5.03. The molecule has 2 fully saturated rings. The molecule has 0 radical (unpaired) electrons. The van der Waals surface area contributed by atoms with Crippen LogP contribution in [0.1, 0.15) is 29.9 Å². The highest BCUT2D eigenvalue weighted by atomic mass is 16.2. The van der Waals surface area contributed by atoms with Crippen molar-refractivity contribution in [3.05, 3.63) is 71.8 Å². The van der Waals surface area contributed by atoms with Crippen molar-refractivity contribution in [1.29, 1.82) is 0 Å². The smallest absolute Gasteiger partial charge is 0.226 e. The normalized spacial score (nSPS) is 27.3. The van der Waals surface area contributed by atoms with Crippen molar-refractivity contribution < 1.29 is 4.79 Å². The predicted molar refractivity (Wildman–Crippen MR) is 82.7 cm³/mol. The lowest BCUT2D eigenvalue weighted by Crippen LogP contribution is -2.39. The molecule has 0 unspecified atom stereocenters. The van der Waals surface area contributed by atoms with E-state index in [1.165, 1.54) is 11.1 Å². The number of carbonyl (C=O) groups excluding carboxylic acids is 1. The maximum atomic E-state index is 12.7. The fourth-order valence-electron chi connectivity index (χ4n) is 3.99. The molecule has 1 saturated carbocycles. The molecule has 1 heterocycles. The Bertz CT molecular complexity index is 633. The zero-order valence-corrected chi connectivity index (χ0v) is 12.0. The summed E-state index contributed by atoms with van der Waals surface area (Å²) >= 11 is 0. The van der Waals surface area contributed by atoms with Gasteiger partial charge in [0.2, 0.25) is 5.91 Å². The van der Waals surface area contributed by atoms with Gasteiger partial charge in [-0.1, -0.05) is 60.7 Å². The zero-order valence-electron chi connectivity index (χ0n) is 12.0. The largest absolute Gasteiger partial charge is 0.335 e. The third-order valence-corrected chi connectivity index (χ3v) is 5.00. The highest BCUT2D eigenvalue weighted by Crippen LogP contribution is 2.48. The van der Waals surface area contributed by atoms with Crippen LogP contribution in [0.5, 0.6) is 0 Å². The van der Waals surface area contributed by atoms with Crippen molar-refractivity contribution in [3.63, 3.8) is 0 Å².